The van der Waals surface area contributed by atoms with Crippen LogP contribution in [-0.2, 0) is 17.8 Å². The minimum absolute atomic E-state index is 0.538. The molecule has 4 nitrogen and oxygen atoms in total. The van der Waals surface area contributed by atoms with E-state index < -0.39 is 0 Å². The molecule has 0 amide bonds. The van der Waals surface area contributed by atoms with Crippen LogP contribution in [0.15, 0.2) is 6.07 Å². The monoisotopic (exact) mass is 223 g/mol. The van der Waals surface area contributed by atoms with Crippen LogP contribution in [0.4, 0.5) is 0 Å². The van der Waals surface area contributed by atoms with E-state index >= 15 is 0 Å². The van der Waals surface area contributed by atoms with Crippen molar-refractivity contribution in [3.8, 4) is 0 Å². The van der Waals surface area contributed by atoms with E-state index in [0.29, 0.717) is 11.8 Å². The molecule has 3 rings (SSSR count). The average Bonchev–Trinajstić information content (AvgIpc) is 2.59. The molecule has 3 heterocycles. The first-order chi connectivity index (χ1) is 7.25. The molecule has 0 aromatic carbocycles. The first kappa shape index (κ1) is 9.12. The van der Waals surface area contributed by atoms with E-state index in [1.54, 1.807) is 4.52 Å². The van der Waals surface area contributed by atoms with Crippen LogP contribution in [0.5, 0.6) is 0 Å². The fourth-order valence-electron chi connectivity index (χ4n) is 1.86. The number of fused-ring (bicyclic) bond motifs is 2. The molecule has 1 aliphatic heterocycles. The van der Waals surface area contributed by atoms with Gasteiger partial charge in [0.1, 0.15) is 5.15 Å². The molecule has 0 aliphatic carbocycles. The van der Waals surface area contributed by atoms with Crippen molar-refractivity contribution in [3.05, 3.63) is 28.2 Å². The molecule has 0 atom stereocenters. The van der Waals surface area contributed by atoms with Crippen molar-refractivity contribution in [1.29, 1.82) is 0 Å². The predicted octanol–water partition coefficient (Wildman–Crippen LogP) is 1.76. The summed E-state index contributed by atoms with van der Waals surface area (Å²) in [4.78, 5) is 4.53. The Morgan fingerprint density at radius 2 is 2.40 bits per heavy atom. The van der Waals surface area contributed by atoms with Gasteiger partial charge < -0.3 is 4.74 Å². The summed E-state index contributed by atoms with van der Waals surface area (Å²) in [5.74, 6) is 0. The Morgan fingerprint density at radius 1 is 1.53 bits per heavy atom. The summed E-state index contributed by atoms with van der Waals surface area (Å²) in [5, 5.41) is 4.92. The number of rotatable bonds is 0. The SMILES string of the molecule is Cc1cc2nc3c(c(Cl)n2n1)COCC3. The summed E-state index contributed by atoms with van der Waals surface area (Å²) in [6.07, 6.45) is 0.829. The van der Waals surface area contributed by atoms with Crippen LogP contribution in [-0.4, -0.2) is 21.2 Å². The zero-order chi connectivity index (χ0) is 10.4. The summed E-state index contributed by atoms with van der Waals surface area (Å²) in [5.41, 5.74) is 3.75. The summed E-state index contributed by atoms with van der Waals surface area (Å²) in [6.45, 7) is 3.19. The van der Waals surface area contributed by atoms with Crippen molar-refractivity contribution in [3.63, 3.8) is 0 Å². The highest BCUT2D eigenvalue weighted by molar-refractivity contribution is 6.30. The molecule has 0 spiro atoms. The van der Waals surface area contributed by atoms with Crippen molar-refractivity contribution in [2.24, 2.45) is 0 Å². The maximum Gasteiger partial charge on any atom is 0.157 e. The van der Waals surface area contributed by atoms with Crippen LogP contribution in [0.1, 0.15) is 17.0 Å². The number of hydrogen-bond acceptors (Lipinski definition) is 3. The van der Waals surface area contributed by atoms with Gasteiger partial charge in [-0.15, -0.1) is 0 Å². The van der Waals surface area contributed by atoms with Gasteiger partial charge in [-0.2, -0.15) is 5.10 Å². The fourth-order valence-corrected chi connectivity index (χ4v) is 2.14. The van der Waals surface area contributed by atoms with Gasteiger partial charge in [-0.3, -0.25) is 0 Å². The van der Waals surface area contributed by atoms with Crippen LogP contribution in [0, 0.1) is 6.92 Å². The van der Waals surface area contributed by atoms with Gasteiger partial charge in [-0.05, 0) is 6.92 Å². The number of nitrogens with zero attached hydrogens (tertiary/aromatic N) is 3. The van der Waals surface area contributed by atoms with E-state index in [1.807, 2.05) is 13.0 Å². The van der Waals surface area contributed by atoms with E-state index in [2.05, 4.69) is 10.1 Å². The van der Waals surface area contributed by atoms with Gasteiger partial charge in [0, 0.05) is 18.1 Å². The minimum atomic E-state index is 0.538. The molecule has 2 aromatic rings. The van der Waals surface area contributed by atoms with E-state index in [-0.39, 0.29) is 0 Å². The highest BCUT2D eigenvalue weighted by atomic mass is 35.5. The summed E-state index contributed by atoms with van der Waals surface area (Å²) in [6, 6.07) is 1.93. The number of aromatic nitrogens is 3. The largest absolute Gasteiger partial charge is 0.376 e. The second-order valence-electron chi connectivity index (χ2n) is 3.69. The molecule has 5 heteroatoms. The zero-order valence-corrected chi connectivity index (χ0v) is 9.08. The van der Waals surface area contributed by atoms with E-state index in [0.717, 1.165) is 35.6 Å². The molecule has 0 unspecified atom stereocenters. The Morgan fingerprint density at radius 3 is 3.27 bits per heavy atom. The Labute approximate surface area is 91.8 Å². The van der Waals surface area contributed by atoms with Gasteiger partial charge in [0.15, 0.2) is 5.65 Å². The second-order valence-corrected chi connectivity index (χ2v) is 4.04. The Bertz CT molecular complexity index is 535. The third-order valence-electron chi connectivity index (χ3n) is 2.58. The number of ether oxygens (including phenoxy) is 1. The highest BCUT2D eigenvalue weighted by Crippen LogP contribution is 2.24. The van der Waals surface area contributed by atoms with Gasteiger partial charge in [-0.1, -0.05) is 11.6 Å². The van der Waals surface area contributed by atoms with Crippen molar-refractivity contribution in [2.75, 3.05) is 6.61 Å². The Hall–Kier alpha value is -1.13. The number of hydrogen-bond donors (Lipinski definition) is 0. The van der Waals surface area contributed by atoms with Crippen molar-refractivity contribution in [1.82, 2.24) is 14.6 Å². The quantitative estimate of drug-likeness (QED) is 0.639. The van der Waals surface area contributed by atoms with Crippen LogP contribution in [0.3, 0.4) is 0 Å². The van der Waals surface area contributed by atoms with Gasteiger partial charge in [-0.25, -0.2) is 9.50 Å². The standard InChI is InChI=1S/C10H10ClN3O/c1-6-4-9-12-8-2-3-15-5-7(8)10(11)14(9)13-6/h4H,2-3,5H2,1H3. The summed E-state index contributed by atoms with van der Waals surface area (Å²) < 4.78 is 7.04. The Kier molecular flexibility index (Phi) is 1.94. The van der Waals surface area contributed by atoms with Gasteiger partial charge >= 0.3 is 0 Å². The highest BCUT2D eigenvalue weighted by Gasteiger charge is 2.18. The lowest BCUT2D eigenvalue weighted by atomic mass is 10.1. The lowest BCUT2D eigenvalue weighted by molar-refractivity contribution is 0.109. The molecule has 0 N–H and O–H groups in total. The third kappa shape index (κ3) is 1.33. The second kappa shape index (κ2) is 3.18. The lowest BCUT2D eigenvalue weighted by Crippen LogP contribution is -2.14. The first-order valence-corrected chi connectivity index (χ1v) is 5.25. The van der Waals surface area contributed by atoms with Gasteiger partial charge in [0.25, 0.3) is 0 Å². The van der Waals surface area contributed by atoms with Gasteiger partial charge in [0.05, 0.1) is 24.6 Å². The molecule has 0 bridgehead atoms. The maximum absolute atomic E-state index is 6.25. The molecule has 78 valence electrons. The normalized spacial score (nSPS) is 15.6. The van der Waals surface area contributed by atoms with E-state index in [4.69, 9.17) is 16.3 Å². The maximum atomic E-state index is 6.25. The molecular weight excluding hydrogens is 214 g/mol. The molecule has 0 saturated heterocycles. The number of halogens is 1. The molecule has 1 aliphatic rings. The molecular formula is C10H10ClN3O. The first-order valence-electron chi connectivity index (χ1n) is 4.87. The average molecular weight is 224 g/mol. The summed E-state index contributed by atoms with van der Waals surface area (Å²) >= 11 is 6.25. The Balaban J connectivity index is 2.35. The molecule has 15 heavy (non-hydrogen) atoms. The zero-order valence-electron chi connectivity index (χ0n) is 8.33. The van der Waals surface area contributed by atoms with Crippen molar-refractivity contribution < 1.29 is 4.74 Å². The molecule has 0 saturated carbocycles. The van der Waals surface area contributed by atoms with Crippen LogP contribution >= 0.6 is 11.6 Å². The smallest absolute Gasteiger partial charge is 0.157 e. The molecule has 2 aromatic heterocycles. The minimum Gasteiger partial charge on any atom is -0.376 e. The van der Waals surface area contributed by atoms with E-state index in [1.165, 1.54) is 0 Å². The van der Waals surface area contributed by atoms with Crippen LogP contribution < -0.4 is 0 Å². The van der Waals surface area contributed by atoms with Crippen molar-refractivity contribution in [2.45, 2.75) is 20.0 Å². The molecule has 0 fully saturated rings. The van der Waals surface area contributed by atoms with E-state index in [9.17, 15) is 0 Å². The topological polar surface area (TPSA) is 39.4 Å². The van der Waals surface area contributed by atoms with Crippen LogP contribution in [0.2, 0.25) is 5.15 Å². The predicted molar refractivity (Wildman–Crippen MR) is 56.1 cm³/mol. The molecule has 0 radical (unpaired) electrons. The fraction of sp³-hybridized carbons (Fsp3) is 0.400. The lowest BCUT2D eigenvalue weighted by Gasteiger charge is -2.16. The van der Waals surface area contributed by atoms with Gasteiger partial charge in [0.2, 0.25) is 0 Å². The van der Waals surface area contributed by atoms with Crippen molar-refractivity contribution >= 4 is 17.2 Å². The number of aryl methyl sites for hydroxylation is 1. The van der Waals surface area contributed by atoms with Crippen LogP contribution in [0.25, 0.3) is 5.65 Å². The third-order valence-corrected chi connectivity index (χ3v) is 2.96. The summed E-state index contributed by atoms with van der Waals surface area (Å²) in [7, 11) is 0.